The summed E-state index contributed by atoms with van der Waals surface area (Å²) in [5, 5.41) is 5.36. The predicted molar refractivity (Wildman–Crippen MR) is 98.8 cm³/mol. The average Bonchev–Trinajstić information content (AvgIpc) is 2.66. The van der Waals surface area contributed by atoms with E-state index in [1.165, 1.54) is 12.7 Å². The third-order valence-electron chi connectivity index (χ3n) is 3.72. The summed E-state index contributed by atoms with van der Waals surface area (Å²) in [5.74, 6) is -1.17. The fourth-order valence-electron chi connectivity index (χ4n) is 2.39. The molecule has 0 aromatic heterocycles. The first-order valence-electron chi connectivity index (χ1n) is 8.37. The van der Waals surface area contributed by atoms with Crippen LogP contribution in [0.1, 0.15) is 28.8 Å². The van der Waals surface area contributed by atoms with Crippen molar-refractivity contribution in [1.29, 1.82) is 0 Å². The molecule has 2 N–H and O–H groups in total. The number of esters is 1. The minimum Gasteiger partial charge on any atom is -0.465 e. The second-order valence-corrected chi connectivity index (χ2v) is 5.73. The molecule has 0 fully saturated rings. The first-order valence-corrected chi connectivity index (χ1v) is 8.37. The van der Waals surface area contributed by atoms with Crippen molar-refractivity contribution in [2.24, 2.45) is 0 Å². The molecule has 6 nitrogen and oxygen atoms in total. The van der Waals surface area contributed by atoms with Crippen LogP contribution in [0.2, 0.25) is 0 Å². The first-order chi connectivity index (χ1) is 12.6. The lowest BCUT2D eigenvalue weighted by molar-refractivity contribution is -0.126. The molecule has 0 saturated heterocycles. The molecule has 0 saturated carbocycles. The van der Waals surface area contributed by atoms with Gasteiger partial charge in [-0.2, -0.15) is 0 Å². The molecule has 0 bridgehead atoms. The van der Waals surface area contributed by atoms with Gasteiger partial charge in [0.25, 0.3) is 0 Å². The summed E-state index contributed by atoms with van der Waals surface area (Å²) >= 11 is 0. The van der Waals surface area contributed by atoms with Gasteiger partial charge in [-0.05, 0) is 42.7 Å². The number of anilines is 1. The highest BCUT2D eigenvalue weighted by Crippen LogP contribution is 2.10. The molecule has 0 aliphatic heterocycles. The minimum absolute atomic E-state index is 0.246. The third-order valence-corrected chi connectivity index (χ3v) is 3.72. The lowest BCUT2D eigenvalue weighted by atomic mass is 10.1. The van der Waals surface area contributed by atoms with Crippen LogP contribution < -0.4 is 10.6 Å². The van der Waals surface area contributed by atoms with Crippen molar-refractivity contribution < 1.29 is 19.1 Å². The van der Waals surface area contributed by atoms with Gasteiger partial charge in [-0.15, -0.1) is 0 Å². The van der Waals surface area contributed by atoms with E-state index in [9.17, 15) is 14.4 Å². The van der Waals surface area contributed by atoms with Crippen LogP contribution in [0.3, 0.4) is 0 Å². The molecular weight excluding hydrogens is 332 g/mol. The number of carbonyl (C=O) groups excluding carboxylic acids is 3. The molecule has 2 amide bonds. The third kappa shape index (κ3) is 6.39. The molecule has 0 aliphatic rings. The van der Waals surface area contributed by atoms with Crippen LogP contribution in [0, 0.1) is 0 Å². The molecule has 2 aromatic carbocycles. The maximum Gasteiger partial charge on any atom is 0.337 e. The van der Waals surface area contributed by atoms with E-state index in [2.05, 4.69) is 15.4 Å². The Hall–Kier alpha value is -3.15. The summed E-state index contributed by atoms with van der Waals surface area (Å²) in [6.45, 7) is 0.523. The van der Waals surface area contributed by atoms with Crippen molar-refractivity contribution in [3.8, 4) is 0 Å². The van der Waals surface area contributed by atoms with Gasteiger partial charge in [-0.25, -0.2) is 4.79 Å². The summed E-state index contributed by atoms with van der Waals surface area (Å²) in [4.78, 5) is 35.0. The second kappa shape index (κ2) is 9.98. The highest BCUT2D eigenvalue weighted by Gasteiger charge is 2.10. The zero-order valence-corrected chi connectivity index (χ0v) is 14.7. The van der Waals surface area contributed by atoms with E-state index in [0.717, 1.165) is 12.8 Å². The molecule has 0 aliphatic carbocycles. The lowest BCUT2D eigenvalue weighted by Gasteiger charge is -2.07. The van der Waals surface area contributed by atoms with Crippen LogP contribution in [0.15, 0.2) is 54.6 Å². The molecule has 0 spiro atoms. The van der Waals surface area contributed by atoms with Crippen molar-refractivity contribution in [1.82, 2.24) is 5.32 Å². The molecule has 2 rings (SSSR count). The van der Waals surface area contributed by atoms with E-state index in [1.54, 1.807) is 24.3 Å². The van der Waals surface area contributed by atoms with Gasteiger partial charge in [0.2, 0.25) is 11.8 Å². The Labute approximate surface area is 152 Å². The molecular formula is C20H22N2O4. The smallest absolute Gasteiger partial charge is 0.337 e. The second-order valence-electron chi connectivity index (χ2n) is 5.73. The standard InChI is InChI=1S/C20H22N2O4/c1-26-20(25)16-9-11-17(12-10-16)22-19(24)14-18(23)21-13-5-8-15-6-3-2-4-7-15/h2-4,6-7,9-12H,5,8,13-14H2,1H3,(H,21,23)(H,22,24). The van der Waals surface area contributed by atoms with Crippen LogP contribution in [0.4, 0.5) is 5.69 Å². The fourth-order valence-corrected chi connectivity index (χ4v) is 2.39. The van der Waals surface area contributed by atoms with Gasteiger partial charge in [-0.1, -0.05) is 30.3 Å². The quantitative estimate of drug-likeness (QED) is 0.433. The number of benzene rings is 2. The van der Waals surface area contributed by atoms with Crippen LogP contribution in [-0.4, -0.2) is 31.4 Å². The summed E-state index contributed by atoms with van der Waals surface area (Å²) in [6.07, 6.45) is 1.44. The van der Waals surface area contributed by atoms with Crippen LogP contribution >= 0.6 is 0 Å². The Morgan fingerprint density at radius 2 is 1.62 bits per heavy atom. The zero-order valence-electron chi connectivity index (χ0n) is 14.7. The van der Waals surface area contributed by atoms with Gasteiger partial charge >= 0.3 is 5.97 Å². The van der Waals surface area contributed by atoms with Crippen LogP contribution in [0.5, 0.6) is 0 Å². The zero-order chi connectivity index (χ0) is 18.8. The van der Waals surface area contributed by atoms with E-state index in [0.29, 0.717) is 17.8 Å². The van der Waals surface area contributed by atoms with Crippen molar-refractivity contribution in [2.75, 3.05) is 19.0 Å². The number of ether oxygens (including phenoxy) is 1. The number of hydrogen-bond donors (Lipinski definition) is 2. The molecule has 0 unspecified atom stereocenters. The summed E-state index contributed by atoms with van der Waals surface area (Å²) in [5.41, 5.74) is 2.12. The van der Waals surface area contributed by atoms with Crippen molar-refractivity contribution >= 4 is 23.5 Å². The lowest BCUT2D eigenvalue weighted by Crippen LogP contribution is -2.29. The number of methoxy groups -OCH3 is 1. The number of amides is 2. The Morgan fingerprint density at radius 3 is 2.27 bits per heavy atom. The summed E-state index contributed by atoms with van der Waals surface area (Å²) in [7, 11) is 1.30. The van der Waals surface area contributed by atoms with Gasteiger partial charge in [0.15, 0.2) is 0 Å². The number of nitrogens with one attached hydrogen (secondary N) is 2. The highest BCUT2D eigenvalue weighted by atomic mass is 16.5. The van der Waals surface area contributed by atoms with Crippen molar-refractivity contribution in [3.05, 3.63) is 65.7 Å². The molecule has 6 heteroatoms. The summed E-state index contributed by atoms with van der Waals surface area (Å²) in [6, 6.07) is 16.3. The summed E-state index contributed by atoms with van der Waals surface area (Å²) < 4.78 is 4.61. The minimum atomic E-state index is -0.447. The monoisotopic (exact) mass is 354 g/mol. The van der Waals surface area contributed by atoms with Gasteiger partial charge in [0.05, 0.1) is 12.7 Å². The number of hydrogen-bond acceptors (Lipinski definition) is 4. The molecule has 2 aromatic rings. The van der Waals surface area contributed by atoms with Crippen LogP contribution in [0.25, 0.3) is 0 Å². The molecule has 26 heavy (non-hydrogen) atoms. The maximum atomic E-state index is 11.9. The molecule has 136 valence electrons. The van der Waals surface area contributed by atoms with E-state index in [4.69, 9.17) is 0 Å². The van der Waals surface area contributed by atoms with Gasteiger partial charge in [0.1, 0.15) is 6.42 Å². The Bertz CT molecular complexity index is 742. The Balaban J connectivity index is 1.68. The normalized spacial score (nSPS) is 10.0. The molecule has 0 heterocycles. The predicted octanol–water partition coefficient (Wildman–Crippen LogP) is 2.55. The number of carbonyl (C=O) groups is 3. The van der Waals surface area contributed by atoms with Gasteiger partial charge in [-0.3, -0.25) is 9.59 Å². The first kappa shape index (κ1) is 19.2. The number of aryl methyl sites for hydroxylation is 1. The van der Waals surface area contributed by atoms with Crippen LogP contribution in [-0.2, 0) is 20.7 Å². The van der Waals surface area contributed by atoms with E-state index in [1.807, 2.05) is 30.3 Å². The Morgan fingerprint density at radius 1 is 0.923 bits per heavy atom. The largest absolute Gasteiger partial charge is 0.465 e. The number of rotatable bonds is 8. The SMILES string of the molecule is COC(=O)c1ccc(NC(=O)CC(=O)NCCCc2ccccc2)cc1. The fraction of sp³-hybridized carbons (Fsp3) is 0.250. The van der Waals surface area contributed by atoms with E-state index in [-0.39, 0.29) is 12.3 Å². The van der Waals surface area contributed by atoms with E-state index < -0.39 is 11.9 Å². The maximum absolute atomic E-state index is 11.9. The highest BCUT2D eigenvalue weighted by molar-refractivity contribution is 6.03. The average molecular weight is 354 g/mol. The van der Waals surface area contributed by atoms with Crippen molar-refractivity contribution in [3.63, 3.8) is 0 Å². The van der Waals surface area contributed by atoms with Gasteiger partial charge in [0, 0.05) is 12.2 Å². The van der Waals surface area contributed by atoms with Crippen molar-refractivity contribution in [2.45, 2.75) is 19.3 Å². The van der Waals surface area contributed by atoms with E-state index >= 15 is 0 Å². The molecule has 0 radical (unpaired) electrons. The molecule has 0 atom stereocenters. The topological polar surface area (TPSA) is 84.5 Å². The van der Waals surface area contributed by atoms with Gasteiger partial charge < -0.3 is 15.4 Å². The Kier molecular flexibility index (Phi) is 7.36.